The van der Waals surface area contributed by atoms with Gasteiger partial charge < -0.3 is 14.6 Å². The summed E-state index contributed by atoms with van der Waals surface area (Å²) in [5, 5.41) is 9.62. The maximum absolute atomic E-state index is 12.8. The Bertz CT molecular complexity index is 976. The molecule has 1 N–H and O–H groups in total. The molecule has 2 aromatic rings. The Morgan fingerprint density at radius 3 is 2.64 bits per heavy atom. The molecule has 0 saturated carbocycles. The van der Waals surface area contributed by atoms with Crippen LogP contribution in [0.5, 0.6) is 17.2 Å². The number of hydrogen-bond donors (Lipinski definition) is 1. The third-order valence-corrected chi connectivity index (χ3v) is 5.72. The molecule has 1 aliphatic heterocycles. The molecule has 2 aromatic carbocycles. The molecule has 3 rings (SSSR count). The SMILES string of the molecule is COc1cc(CN2C(=O)Oc3c(Cl)cc(Cl)cc3S2(=O)=O)ccc1O. The molecule has 1 amide bonds. The molecular weight excluding hydrogens is 393 g/mol. The van der Waals surface area contributed by atoms with Crippen molar-refractivity contribution < 1.29 is 27.8 Å². The second-order valence-electron chi connectivity index (χ2n) is 5.10. The third kappa shape index (κ3) is 3.08. The number of sulfonamides is 1. The number of nitrogens with zero attached hydrogens (tertiary/aromatic N) is 1. The van der Waals surface area contributed by atoms with Gasteiger partial charge in [0.05, 0.1) is 18.7 Å². The van der Waals surface area contributed by atoms with Gasteiger partial charge in [0.2, 0.25) is 0 Å². The zero-order chi connectivity index (χ0) is 18.4. The lowest BCUT2D eigenvalue weighted by atomic mass is 10.2. The summed E-state index contributed by atoms with van der Waals surface area (Å²) >= 11 is 11.8. The molecule has 7 nitrogen and oxygen atoms in total. The molecule has 1 aliphatic rings. The molecule has 0 atom stereocenters. The zero-order valence-corrected chi connectivity index (χ0v) is 15.0. The maximum atomic E-state index is 12.8. The minimum absolute atomic E-state index is 0.0784. The summed E-state index contributed by atoms with van der Waals surface area (Å²) in [6.07, 6.45) is -1.09. The van der Waals surface area contributed by atoms with Crippen LogP contribution in [0.4, 0.5) is 4.79 Å². The van der Waals surface area contributed by atoms with Gasteiger partial charge in [-0.25, -0.2) is 13.2 Å². The number of carbonyl (C=O) groups is 1. The number of methoxy groups -OCH3 is 1. The van der Waals surface area contributed by atoms with Crippen LogP contribution in [0.25, 0.3) is 0 Å². The van der Waals surface area contributed by atoms with Gasteiger partial charge in [-0.15, -0.1) is 0 Å². The fourth-order valence-corrected chi connectivity index (χ4v) is 4.42. The average Bonchev–Trinajstić information content (AvgIpc) is 2.54. The average molecular weight is 404 g/mol. The van der Waals surface area contributed by atoms with Gasteiger partial charge in [0.15, 0.2) is 17.2 Å². The maximum Gasteiger partial charge on any atom is 0.429 e. The minimum atomic E-state index is -4.22. The quantitative estimate of drug-likeness (QED) is 0.843. The van der Waals surface area contributed by atoms with Crippen molar-refractivity contribution in [1.29, 1.82) is 0 Å². The van der Waals surface area contributed by atoms with E-state index in [0.717, 1.165) is 6.07 Å². The smallest absolute Gasteiger partial charge is 0.429 e. The Kier molecular flexibility index (Phi) is 4.44. The summed E-state index contributed by atoms with van der Waals surface area (Å²) in [6, 6.07) is 6.65. The predicted molar refractivity (Wildman–Crippen MR) is 89.9 cm³/mol. The number of rotatable bonds is 3. The van der Waals surface area contributed by atoms with Crippen LogP contribution in [0.15, 0.2) is 35.2 Å². The molecule has 132 valence electrons. The van der Waals surface area contributed by atoms with Crippen LogP contribution in [0, 0.1) is 0 Å². The second kappa shape index (κ2) is 6.29. The van der Waals surface area contributed by atoms with Crippen molar-refractivity contribution in [2.24, 2.45) is 0 Å². The number of ether oxygens (including phenoxy) is 2. The highest BCUT2D eigenvalue weighted by atomic mass is 35.5. The Morgan fingerprint density at radius 1 is 1.24 bits per heavy atom. The lowest BCUT2D eigenvalue weighted by molar-refractivity contribution is 0.172. The molecule has 1 heterocycles. The number of benzene rings is 2. The molecule has 0 aromatic heterocycles. The molecule has 0 bridgehead atoms. The summed E-state index contributed by atoms with van der Waals surface area (Å²) in [5.41, 5.74) is 0.409. The van der Waals surface area contributed by atoms with E-state index in [1.807, 2.05) is 0 Å². The van der Waals surface area contributed by atoms with E-state index < -0.39 is 16.1 Å². The van der Waals surface area contributed by atoms with E-state index >= 15 is 0 Å². The Morgan fingerprint density at radius 2 is 1.96 bits per heavy atom. The van der Waals surface area contributed by atoms with Crippen molar-refractivity contribution in [2.75, 3.05) is 7.11 Å². The fourth-order valence-electron chi connectivity index (χ4n) is 2.32. The first-order chi connectivity index (χ1) is 11.7. The van der Waals surface area contributed by atoms with Gasteiger partial charge in [0, 0.05) is 5.02 Å². The van der Waals surface area contributed by atoms with Crippen molar-refractivity contribution >= 4 is 39.3 Å². The monoisotopic (exact) mass is 403 g/mol. The normalized spacial score (nSPS) is 15.5. The molecule has 0 unspecified atom stereocenters. The van der Waals surface area contributed by atoms with E-state index in [4.69, 9.17) is 32.7 Å². The molecular formula is C15H11Cl2NO6S. The molecule has 25 heavy (non-hydrogen) atoms. The molecule has 0 fully saturated rings. The van der Waals surface area contributed by atoms with E-state index in [1.165, 1.54) is 31.4 Å². The van der Waals surface area contributed by atoms with E-state index in [1.54, 1.807) is 0 Å². The highest BCUT2D eigenvalue weighted by Gasteiger charge is 2.40. The number of halogens is 2. The first kappa shape index (κ1) is 17.7. The zero-order valence-electron chi connectivity index (χ0n) is 12.7. The van der Waals surface area contributed by atoms with Crippen LogP contribution < -0.4 is 9.47 Å². The number of fused-ring (bicyclic) bond motifs is 1. The van der Waals surface area contributed by atoms with Crippen LogP contribution in [0.3, 0.4) is 0 Å². The lowest BCUT2D eigenvalue weighted by Gasteiger charge is -2.28. The fraction of sp³-hybridized carbons (Fsp3) is 0.133. The highest BCUT2D eigenvalue weighted by Crippen LogP contribution is 2.41. The Hall–Kier alpha value is -2.16. The summed E-state index contributed by atoms with van der Waals surface area (Å²) in [6.45, 7) is -0.318. The first-order valence-corrected chi connectivity index (χ1v) is 9.03. The largest absolute Gasteiger partial charge is 0.504 e. The molecule has 0 spiro atoms. The number of hydrogen-bond acceptors (Lipinski definition) is 6. The predicted octanol–water partition coefficient (Wildman–Crippen LogP) is 3.41. The van der Waals surface area contributed by atoms with Crippen molar-refractivity contribution in [2.45, 2.75) is 11.4 Å². The van der Waals surface area contributed by atoms with Crippen LogP contribution in [0.2, 0.25) is 10.0 Å². The minimum Gasteiger partial charge on any atom is -0.504 e. The number of carbonyl (C=O) groups excluding carboxylic acids is 1. The van der Waals surface area contributed by atoms with E-state index in [2.05, 4.69) is 0 Å². The number of phenols is 1. The van der Waals surface area contributed by atoms with Crippen molar-refractivity contribution in [1.82, 2.24) is 4.31 Å². The van der Waals surface area contributed by atoms with E-state index in [9.17, 15) is 18.3 Å². The molecule has 0 radical (unpaired) electrons. The number of aromatic hydroxyl groups is 1. The van der Waals surface area contributed by atoms with Crippen molar-refractivity contribution in [3.8, 4) is 17.2 Å². The third-order valence-electron chi connectivity index (χ3n) is 3.51. The molecule has 0 aliphatic carbocycles. The van der Waals surface area contributed by atoms with Gasteiger partial charge in [-0.1, -0.05) is 29.3 Å². The Labute approximate surface area is 153 Å². The van der Waals surface area contributed by atoms with Gasteiger partial charge in [0.25, 0.3) is 10.0 Å². The second-order valence-corrected chi connectivity index (χ2v) is 7.78. The van der Waals surface area contributed by atoms with Crippen LogP contribution in [0.1, 0.15) is 5.56 Å². The van der Waals surface area contributed by atoms with Gasteiger partial charge in [-0.3, -0.25) is 0 Å². The highest BCUT2D eigenvalue weighted by molar-refractivity contribution is 7.89. The van der Waals surface area contributed by atoms with Crippen LogP contribution >= 0.6 is 23.2 Å². The standard InChI is InChI=1S/C15H11Cl2NO6S/c1-23-12-4-8(2-3-11(12)19)7-18-15(20)24-14-10(17)5-9(16)6-13(14)25(18,21)22/h2-6,19H,7H2,1H3. The lowest BCUT2D eigenvalue weighted by Crippen LogP contribution is -2.42. The van der Waals surface area contributed by atoms with Gasteiger partial charge in [-0.05, 0) is 29.8 Å². The summed E-state index contributed by atoms with van der Waals surface area (Å²) in [4.78, 5) is 11.9. The molecule has 0 saturated heterocycles. The number of amides is 1. The van der Waals surface area contributed by atoms with E-state index in [-0.39, 0.29) is 38.7 Å². The van der Waals surface area contributed by atoms with Gasteiger partial charge in [0.1, 0.15) is 4.90 Å². The summed E-state index contributed by atoms with van der Waals surface area (Å²) < 4.78 is 36.1. The first-order valence-electron chi connectivity index (χ1n) is 6.83. The Balaban J connectivity index is 2.04. The summed E-state index contributed by atoms with van der Waals surface area (Å²) in [5.74, 6) is -0.221. The van der Waals surface area contributed by atoms with Crippen molar-refractivity contribution in [3.05, 3.63) is 45.9 Å². The van der Waals surface area contributed by atoms with Crippen LogP contribution in [-0.2, 0) is 16.6 Å². The van der Waals surface area contributed by atoms with Crippen molar-refractivity contribution in [3.63, 3.8) is 0 Å². The van der Waals surface area contributed by atoms with Crippen LogP contribution in [-0.4, -0.2) is 31.0 Å². The van der Waals surface area contributed by atoms with E-state index in [0.29, 0.717) is 9.87 Å². The van der Waals surface area contributed by atoms with Gasteiger partial charge >= 0.3 is 6.09 Å². The summed E-state index contributed by atoms with van der Waals surface area (Å²) in [7, 11) is -2.87. The topological polar surface area (TPSA) is 93.1 Å². The molecule has 10 heteroatoms. The van der Waals surface area contributed by atoms with Gasteiger partial charge in [-0.2, -0.15) is 4.31 Å². The number of phenolic OH excluding ortho intramolecular Hbond substituents is 1.